The van der Waals surface area contributed by atoms with Gasteiger partial charge in [-0.3, -0.25) is 0 Å². The van der Waals surface area contributed by atoms with Crippen molar-refractivity contribution in [2.45, 2.75) is 18.9 Å². The summed E-state index contributed by atoms with van der Waals surface area (Å²) in [4.78, 5) is 16.8. The molecule has 0 saturated heterocycles. The first-order valence-corrected chi connectivity index (χ1v) is 5.10. The molecule has 0 unspecified atom stereocenters. The Balaban J connectivity index is 2.32. The molecule has 1 saturated carbocycles. The summed E-state index contributed by atoms with van der Waals surface area (Å²) >= 11 is 5.73. The largest absolute Gasteiger partial charge is 0.476 e. The fourth-order valence-corrected chi connectivity index (χ4v) is 1.61. The van der Waals surface area contributed by atoms with Gasteiger partial charge in [0.15, 0.2) is 5.69 Å². The van der Waals surface area contributed by atoms with Gasteiger partial charge in [0.1, 0.15) is 5.82 Å². The fourth-order valence-electron chi connectivity index (χ4n) is 1.43. The number of hydrogen-bond donors (Lipinski definition) is 1. The summed E-state index contributed by atoms with van der Waals surface area (Å²) < 4.78 is 0. The Labute approximate surface area is 92.5 Å². The number of hydrogen-bond acceptors (Lipinski definition) is 3. The number of aromatic nitrogens is 1. The van der Waals surface area contributed by atoms with Crippen molar-refractivity contribution in [3.8, 4) is 0 Å². The highest BCUT2D eigenvalue weighted by Crippen LogP contribution is 2.30. The fraction of sp³-hybridized carbons (Fsp3) is 0.400. The van der Waals surface area contributed by atoms with Gasteiger partial charge in [-0.15, -0.1) is 0 Å². The molecule has 0 amide bonds. The number of carboxylic acid groups (broad SMARTS) is 1. The lowest BCUT2D eigenvalue weighted by atomic mass is 10.3. The Bertz CT molecular complexity index is 404. The average molecular weight is 227 g/mol. The van der Waals surface area contributed by atoms with Gasteiger partial charge in [-0.1, -0.05) is 11.6 Å². The highest BCUT2D eigenvalue weighted by Gasteiger charge is 2.27. The van der Waals surface area contributed by atoms with Crippen molar-refractivity contribution >= 4 is 23.4 Å². The first kappa shape index (κ1) is 10.2. The second-order valence-corrected chi connectivity index (χ2v) is 4.05. The normalized spacial score (nSPS) is 15.1. The summed E-state index contributed by atoms with van der Waals surface area (Å²) in [6.45, 7) is 0. The molecule has 1 fully saturated rings. The van der Waals surface area contributed by atoms with E-state index in [4.69, 9.17) is 16.7 Å². The molecule has 1 aliphatic carbocycles. The molecule has 1 aliphatic rings. The Hall–Kier alpha value is -1.29. The van der Waals surface area contributed by atoms with Gasteiger partial charge in [-0.2, -0.15) is 0 Å². The minimum atomic E-state index is -1.09. The first-order valence-electron chi connectivity index (χ1n) is 4.72. The Morgan fingerprint density at radius 2 is 2.27 bits per heavy atom. The minimum absolute atomic E-state index is 0.0818. The van der Waals surface area contributed by atoms with E-state index in [0.29, 0.717) is 11.9 Å². The predicted octanol–water partition coefficient (Wildman–Crippen LogP) is 2.03. The van der Waals surface area contributed by atoms with Crippen molar-refractivity contribution < 1.29 is 9.90 Å². The van der Waals surface area contributed by atoms with Crippen LogP contribution >= 0.6 is 11.6 Å². The number of nitrogens with zero attached hydrogens (tertiary/aromatic N) is 2. The Morgan fingerprint density at radius 1 is 1.60 bits per heavy atom. The van der Waals surface area contributed by atoms with Crippen LogP contribution in [0.25, 0.3) is 0 Å². The minimum Gasteiger partial charge on any atom is -0.476 e. The molecule has 0 aromatic carbocycles. The van der Waals surface area contributed by atoms with Crippen LogP contribution in [0.1, 0.15) is 23.3 Å². The maximum Gasteiger partial charge on any atom is 0.356 e. The van der Waals surface area contributed by atoms with E-state index >= 15 is 0 Å². The monoisotopic (exact) mass is 226 g/mol. The second kappa shape index (κ2) is 3.70. The zero-order valence-corrected chi connectivity index (χ0v) is 9.03. The van der Waals surface area contributed by atoms with Crippen LogP contribution < -0.4 is 4.90 Å². The summed E-state index contributed by atoms with van der Waals surface area (Å²) in [7, 11) is 1.92. The second-order valence-electron chi connectivity index (χ2n) is 3.65. The maximum atomic E-state index is 10.8. The molecule has 0 radical (unpaired) electrons. The van der Waals surface area contributed by atoms with E-state index in [1.807, 2.05) is 11.9 Å². The lowest BCUT2D eigenvalue weighted by Crippen LogP contribution is -2.21. The van der Waals surface area contributed by atoms with E-state index in [1.54, 1.807) is 12.1 Å². The lowest BCUT2D eigenvalue weighted by Gasteiger charge is -2.17. The zero-order valence-electron chi connectivity index (χ0n) is 8.27. The van der Waals surface area contributed by atoms with E-state index in [0.717, 1.165) is 12.8 Å². The summed E-state index contributed by atoms with van der Waals surface area (Å²) in [5.74, 6) is -0.426. The average Bonchev–Trinajstić information content (AvgIpc) is 3.00. The molecule has 0 aliphatic heterocycles. The Morgan fingerprint density at radius 3 is 2.80 bits per heavy atom. The highest BCUT2D eigenvalue weighted by molar-refractivity contribution is 6.33. The smallest absolute Gasteiger partial charge is 0.356 e. The van der Waals surface area contributed by atoms with Crippen molar-refractivity contribution in [3.63, 3.8) is 0 Å². The third kappa shape index (κ3) is 2.04. The van der Waals surface area contributed by atoms with Gasteiger partial charge < -0.3 is 10.0 Å². The summed E-state index contributed by atoms with van der Waals surface area (Å²) in [5.41, 5.74) is -0.0818. The van der Waals surface area contributed by atoms with E-state index in [1.165, 1.54) is 0 Å². The topological polar surface area (TPSA) is 53.4 Å². The SMILES string of the molecule is CN(c1ccc(Cl)c(C(=O)O)n1)C1CC1. The third-order valence-corrected chi connectivity index (χ3v) is 2.79. The van der Waals surface area contributed by atoms with Gasteiger partial charge in [0, 0.05) is 13.1 Å². The van der Waals surface area contributed by atoms with Crippen LogP contribution in [-0.2, 0) is 0 Å². The third-order valence-electron chi connectivity index (χ3n) is 2.49. The van der Waals surface area contributed by atoms with Crippen molar-refractivity contribution in [1.29, 1.82) is 0 Å². The van der Waals surface area contributed by atoms with Crippen LogP contribution in [0.4, 0.5) is 5.82 Å². The highest BCUT2D eigenvalue weighted by atomic mass is 35.5. The summed E-state index contributed by atoms with van der Waals surface area (Å²) in [6.07, 6.45) is 2.28. The predicted molar refractivity (Wildman–Crippen MR) is 57.6 cm³/mol. The molecular weight excluding hydrogens is 216 g/mol. The van der Waals surface area contributed by atoms with Crippen LogP contribution in [0.2, 0.25) is 5.02 Å². The van der Waals surface area contributed by atoms with E-state index in [9.17, 15) is 4.79 Å². The standard InChI is InChI=1S/C10H11ClN2O2/c1-13(6-2-3-6)8-5-4-7(11)9(12-8)10(14)15/h4-6H,2-3H2,1H3,(H,14,15). The first-order chi connectivity index (χ1) is 7.09. The van der Waals surface area contributed by atoms with Crippen LogP contribution in [0.5, 0.6) is 0 Å². The van der Waals surface area contributed by atoms with Crippen LogP contribution in [0, 0.1) is 0 Å². The molecule has 1 N–H and O–H groups in total. The van der Waals surface area contributed by atoms with E-state index in [2.05, 4.69) is 4.98 Å². The van der Waals surface area contributed by atoms with Crippen molar-refractivity contribution in [2.24, 2.45) is 0 Å². The lowest BCUT2D eigenvalue weighted by molar-refractivity contribution is 0.0691. The van der Waals surface area contributed by atoms with Gasteiger partial charge in [-0.25, -0.2) is 9.78 Å². The van der Waals surface area contributed by atoms with E-state index in [-0.39, 0.29) is 10.7 Å². The van der Waals surface area contributed by atoms with Crippen LogP contribution in [-0.4, -0.2) is 29.1 Å². The number of halogens is 1. The molecule has 1 aromatic rings. The molecule has 2 rings (SSSR count). The summed E-state index contributed by atoms with van der Waals surface area (Å²) in [6, 6.07) is 3.82. The molecule has 1 heterocycles. The van der Waals surface area contributed by atoms with Crippen LogP contribution in [0.3, 0.4) is 0 Å². The number of rotatable bonds is 3. The molecule has 0 atom stereocenters. The van der Waals surface area contributed by atoms with Crippen molar-refractivity contribution in [3.05, 3.63) is 22.8 Å². The van der Waals surface area contributed by atoms with Gasteiger partial charge >= 0.3 is 5.97 Å². The number of aromatic carboxylic acids is 1. The molecule has 0 spiro atoms. The maximum absolute atomic E-state index is 10.8. The molecular formula is C10H11ClN2O2. The molecule has 15 heavy (non-hydrogen) atoms. The quantitative estimate of drug-likeness (QED) is 0.857. The number of carboxylic acids is 1. The van der Waals surface area contributed by atoms with E-state index < -0.39 is 5.97 Å². The zero-order chi connectivity index (χ0) is 11.0. The summed E-state index contributed by atoms with van der Waals surface area (Å²) in [5, 5.41) is 9.04. The number of pyridine rings is 1. The van der Waals surface area contributed by atoms with Crippen LogP contribution in [0.15, 0.2) is 12.1 Å². The van der Waals surface area contributed by atoms with Gasteiger partial charge in [0.05, 0.1) is 5.02 Å². The van der Waals surface area contributed by atoms with Crippen molar-refractivity contribution in [1.82, 2.24) is 4.98 Å². The van der Waals surface area contributed by atoms with Crippen molar-refractivity contribution in [2.75, 3.05) is 11.9 Å². The molecule has 5 heteroatoms. The molecule has 80 valence electrons. The van der Waals surface area contributed by atoms with Gasteiger partial charge in [0.25, 0.3) is 0 Å². The van der Waals surface area contributed by atoms with Gasteiger partial charge in [0.2, 0.25) is 0 Å². The Kier molecular flexibility index (Phi) is 2.52. The number of carbonyl (C=O) groups is 1. The van der Waals surface area contributed by atoms with Gasteiger partial charge in [-0.05, 0) is 25.0 Å². The molecule has 4 nitrogen and oxygen atoms in total. The molecule has 0 bridgehead atoms. The molecule has 1 aromatic heterocycles. The number of anilines is 1.